The van der Waals surface area contributed by atoms with E-state index in [9.17, 15) is 4.79 Å². The lowest BCUT2D eigenvalue weighted by Gasteiger charge is -2.24. The van der Waals surface area contributed by atoms with Gasteiger partial charge >= 0.3 is 6.09 Å². The number of ether oxygens (including phenoxy) is 1. The van der Waals surface area contributed by atoms with E-state index in [1.165, 1.54) is 11.1 Å². The summed E-state index contributed by atoms with van der Waals surface area (Å²) in [5.41, 5.74) is 2.80. The zero-order valence-corrected chi connectivity index (χ0v) is 18.6. The van der Waals surface area contributed by atoms with Crippen molar-refractivity contribution in [2.75, 3.05) is 13.1 Å². The van der Waals surface area contributed by atoms with Gasteiger partial charge in [0, 0.05) is 24.4 Å². The average molecular weight is 413 g/mol. The first kappa shape index (κ1) is 21.6. The van der Waals surface area contributed by atoms with Gasteiger partial charge in [0.2, 0.25) is 0 Å². The highest BCUT2D eigenvalue weighted by atomic mass is 32.1. The van der Waals surface area contributed by atoms with Gasteiger partial charge in [-0.1, -0.05) is 30.3 Å². The van der Waals surface area contributed by atoms with E-state index in [1.54, 1.807) is 11.3 Å². The molecule has 1 atom stereocenters. The quantitative estimate of drug-likeness (QED) is 0.572. The number of thiophene rings is 1. The van der Waals surface area contributed by atoms with Gasteiger partial charge in [0.05, 0.1) is 5.71 Å². The molecular weight excluding hydrogens is 380 g/mol. The minimum atomic E-state index is -0.431. The predicted octanol–water partition coefficient (Wildman–Crippen LogP) is 5.94. The number of carbonyl (C=O) groups is 1. The number of likely N-dealkylation sites (tertiary alicyclic amines) is 1. The molecule has 5 heteroatoms. The minimum absolute atomic E-state index is 0.180. The molecule has 29 heavy (non-hydrogen) atoms. The first-order valence-electron chi connectivity index (χ1n) is 10.5. The Morgan fingerprint density at radius 2 is 2.03 bits per heavy atom. The number of amides is 1. The van der Waals surface area contributed by atoms with E-state index >= 15 is 0 Å². The first-order chi connectivity index (χ1) is 13.8. The van der Waals surface area contributed by atoms with Crippen LogP contribution in [0.2, 0.25) is 0 Å². The zero-order valence-electron chi connectivity index (χ0n) is 17.7. The van der Waals surface area contributed by atoms with Gasteiger partial charge in [0.25, 0.3) is 0 Å². The van der Waals surface area contributed by atoms with Gasteiger partial charge in [0.15, 0.2) is 0 Å². The highest BCUT2D eigenvalue weighted by molar-refractivity contribution is 7.12. The number of aryl methyl sites for hydroxylation is 1. The van der Waals surface area contributed by atoms with E-state index < -0.39 is 5.60 Å². The van der Waals surface area contributed by atoms with Gasteiger partial charge in [-0.25, -0.2) is 4.79 Å². The monoisotopic (exact) mass is 412 g/mol. The third kappa shape index (κ3) is 6.70. The summed E-state index contributed by atoms with van der Waals surface area (Å²) in [6.07, 6.45) is 4.87. The Morgan fingerprint density at radius 1 is 1.24 bits per heavy atom. The lowest BCUT2D eigenvalue weighted by atomic mass is 9.97. The predicted molar refractivity (Wildman–Crippen MR) is 120 cm³/mol. The fourth-order valence-corrected chi connectivity index (χ4v) is 4.47. The number of nitrogens with one attached hydrogen (secondary N) is 1. The standard InChI is InChI=1S/C24H32N2O2S/c1-24(2,3)28-23(27)26-13-12-19(17-26)9-4-7-18-8-5-10-20(15-18)16-21(25)22-11-6-14-29-22/h5-6,8,10-11,14-15,19,25H,4,7,9,12-13,16-17H2,1-3H3. The summed E-state index contributed by atoms with van der Waals surface area (Å²) in [4.78, 5) is 15.1. The number of hydrogen-bond donors (Lipinski definition) is 1. The molecular formula is C24H32N2O2S. The van der Waals surface area contributed by atoms with E-state index in [-0.39, 0.29) is 6.09 Å². The van der Waals surface area contributed by atoms with Gasteiger partial charge in [-0.05, 0) is 74.9 Å². The molecule has 156 valence electrons. The second-order valence-electron chi connectivity index (χ2n) is 8.93. The molecule has 0 radical (unpaired) electrons. The number of rotatable bonds is 7. The van der Waals surface area contributed by atoms with Crippen molar-refractivity contribution >= 4 is 23.1 Å². The largest absolute Gasteiger partial charge is 0.444 e. The Bertz CT molecular complexity index is 824. The molecule has 1 unspecified atom stereocenters. The molecule has 1 aliphatic rings. The maximum absolute atomic E-state index is 12.2. The summed E-state index contributed by atoms with van der Waals surface area (Å²) < 4.78 is 5.49. The lowest BCUT2D eigenvalue weighted by molar-refractivity contribution is 0.0287. The Morgan fingerprint density at radius 3 is 2.76 bits per heavy atom. The SMILES string of the molecule is CC(C)(C)OC(=O)N1CCC(CCCc2cccc(CC(=N)c3cccs3)c2)C1. The molecule has 1 fully saturated rings. The van der Waals surface area contributed by atoms with E-state index in [1.807, 2.05) is 43.2 Å². The highest BCUT2D eigenvalue weighted by Crippen LogP contribution is 2.24. The fraction of sp³-hybridized carbons (Fsp3) is 0.500. The molecule has 2 heterocycles. The summed E-state index contributed by atoms with van der Waals surface area (Å²) in [5, 5.41) is 10.3. The minimum Gasteiger partial charge on any atom is -0.444 e. The molecule has 1 saturated heterocycles. The lowest BCUT2D eigenvalue weighted by Crippen LogP contribution is -2.35. The van der Waals surface area contributed by atoms with Crippen molar-refractivity contribution < 1.29 is 9.53 Å². The van der Waals surface area contributed by atoms with Gasteiger partial charge in [-0.2, -0.15) is 0 Å². The van der Waals surface area contributed by atoms with Crippen LogP contribution in [0.4, 0.5) is 4.79 Å². The topological polar surface area (TPSA) is 53.4 Å². The Kier molecular flexibility index (Phi) is 7.12. The maximum Gasteiger partial charge on any atom is 0.410 e. The Balaban J connectivity index is 1.43. The smallest absolute Gasteiger partial charge is 0.410 e. The number of carbonyl (C=O) groups excluding carboxylic acids is 1. The highest BCUT2D eigenvalue weighted by Gasteiger charge is 2.29. The van der Waals surface area contributed by atoms with Gasteiger partial charge < -0.3 is 15.0 Å². The van der Waals surface area contributed by atoms with Gasteiger partial charge in [-0.15, -0.1) is 11.3 Å². The molecule has 3 rings (SSSR count). The number of hydrogen-bond acceptors (Lipinski definition) is 4. The number of benzene rings is 1. The van der Waals surface area contributed by atoms with Crippen LogP contribution >= 0.6 is 11.3 Å². The van der Waals surface area contributed by atoms with Crippen molar-refractivity contribution in [2.45, 2.75) is 58.5 Å². The molecule has 1 aromatic carbocycles. The second-order valence-corrected chi connectivity index (χ2v) is 9.87. The second kappa shape index (κ2) is 9.57. The molecule has 0 saturated carbocycles. The molecule has 0 aliphatic carbocycles. The van der Waals surface area contributed by atoms with Crippen molar-refractivity contribution in [2.24, 2.45) is 5.92 Å². The third-order valence-electron chi connectivity index (χ3n) is 5.21. The van der Waals surface area contributed by atoms with Crippen molar-refractivity contribution in [3.05, 3.63) is 57.8 Å². The van der Waals surface area contributed by atoms with Crippen molar-refractivity contribution in [3.8, 4) is 0 Å². The molecule has 1 aromatic heterocycles. The van der Waals surface area contributed by atoms with Crippen LogP contribution in [0, 0.1) is 11.3 Å². The van der Waals surface area contributed by atoms with Gasteiger partial charge in [-0.3, -0.25) is 0 Å². The van der Waals surface area contributed by atoms with Crippen molar-refractivity contribution in [3.63, 3.8) is 0 Å². The maximum atomic E-state index is 12.2. The third-order valence-corrected chi connectivity index (χ3v) is 6.14. The Hall–Kier alpha value is -2.14. The summed E-state index contributed by atoms with van der Waals surface area (Å²) >= 11 is 1.63. The van der Waals surface area contributed by atoms with Crippen LogP contribution in [0.3, 0.4) is 0 Å². The average Bonchev–Trinajstić information content (AvgIpc) is 3.33. The Labute approximate surface area is 178 Å². The molecule has 1 amide bonds. The normalized spacial score (nSPS) is 16.8. The molecule has 4 nitrogen and oxygen atoms in total. The van der Waals surface area contributed by atoms with Crippen molar-refractivity contribution in [1.29, 1.82) is 5.41 Å². The van der Waals surface area contributed by atoms with Crippen LogP contribution in [0.1, 0.15) is 56.0 Å². The first-order valence-corrected chi connectivity index (χ1v) is 11.4. The van der Waals surface area contributed by atoms with E-state index in [4.69, 9.17) is 10.1 Å². The zero-order chi connectivity index (χ0) is 20.9. The van der Waals surface area contributed by atoms with Crippen LogP contribution in [0.25, 0.3) is 0 Å². The number of nitrogens with zero attached hydrogens (tertiary/aromatic N) is 1. The van der Waals surface area contributed by atoms with Crippen LogP contribution in [-0.2, 0) is 17.6 Å². The molecule has 2 aromatic rings. The molecule has 1 N–H and O–H groups in total. The van der Waals surface area contributed by atoms with Crippen LogP contribution in [0.5, 0.6) is 0 Å². The summed E-state index contributed by atoms with van der Waals surface area (Å²) in [7, 11) is 0. The summed E-state index contributed by atoms with van der Waals surface area (Å²) in [5.74, 6) is 0.567. The molecule has 1 aliphatic heterocycles. The fourth-order valence-electron chi connectivity index (χ4n) is 3.79. The van der Waals surface area contributed by atoms with Crippen LogP contribution in [0.15, 0.2) is 41.8 Å². The van der Waals surface area contributed by atoms with Crippen LogP contribution in [-0.4, -0.2) is 35.4 Å². The summed E-state index contributed by atoms with van der Waals surface area (Å²) in [6, 6.07) is 12.6. The van der Waals surface area contributed by atoms with Crippen LogP contribution < -0.4 is 0 Å². The van der Waals surface area contributed by atoms with E-state index in [2.05, 4.69) is 24.3 Å². The summed E-state index contributed by atoms with van der Waals surface area (Å²) in [6.45, 7) is 7.35. The van der Waals surface area contributed by atoms with Crippen molar-refractivity contribution in [1.82, 2.24) is 4.90 Å². The van der Waals surface area contributed by atoms with E-state index in [0.717, 1.165) is 43.6 Å². The van der Waals surface area contributed by atoms with E-state index in [0.29, 0.717) is 18.1 Å². The van der Waals surface area contributed by atoms with Gasteiger partial charge in [0.1, 0.15) is 5.60 Å². The molecule has 0 spiro atoms. The molecule has 0 bridgehead atoms.